The van der Waals surface area contributed by atoms with Crippen LogP contribution in [0, 0.1) is 0 Å². The Morgan fingerprint density at radius 3 is 1.27 bits per heavy atom. The van der Waals surface area contributed by atoms with Gasteiger partial charge in [0.2, 0.25) is 0 Å². The summed E-state index contributed by atoms with van der Waals surface area (Å²) in [5.74, 6) is -0.289. The summed E-state index contributed by atoms with van der Waals surface area (Å²) in [7, 11) is 1.82. The predicted octanol–water partition coefficient (Wildman–Crippen LogP) is 12.5. The molecule has 55 heavy (non-hydrogen) atoms. The standard InChI is InChI=1S/C51H36N2O2/c1-52(48-40(35-18-6-2-7-19-35)27-15-28-41(48)36-20-8-3-9-21-36)51(55)47-39(34-54)26-14-33-46(47)53-49-42(37-22-10-4-11-23-37)29-16-31-44(49)45-32-17-30-43(50(45)53)38-24-12-5-13-25-38/h2-34H,1H3. The van der Waals surface area contributed by atoms with Gasteiger partial charge in [0.15, 0.2) is 6.29 Å². The van der Waals surface area contributed by atoms with Crippen molar-refractivity contribution in [2.75, 3.05) is 11.9 Å². The fourth-order valence-corrected chi connectivity index (χ4v) is 8.01. The molecule has 1 heterocycles. The highest BCUT2D eigenvalue weighted by Crippen LogP contribution is 2.44. The number of nitrogens with zero attached hydrogens (tertiary/aromatic N) is 2. The van der Waals surface area contributed by atoms with E-state index in [0.29, 0.717) is 16.8 Å². The number of hydrogen-bond acceptors (Lipinski definition) is 2. The molecule has 0 aliphatic carbocycles. The second-order valence-corrected chi connectivity index (χ2v) is 13.6. The maximum Gasteiger partial charge on any atom is 0.260 e. The number of aldehydes is 1. The molecule has 4 nitrogen and oxygen atoms in total. The summed E-state index contributed by atoms with van der Waals surface area (Å²) in [4.78, 5) is 30.4. The van der Waals surface area contributed by atoms with Crippen LogP contribution in [0.3, 0.4) is 0 Å². The number of rotatable bonds is 8. The average Bonchev–Trinajstić information content (AvgIpc) is 3.61. The molecule has 0 atom stereocenters. The lowest BCUT2D eigenvalue weighted by molar-refractivity contribution is 0.0986. The van der Waals surface area contributed by atoms with E-state index in [1.165, 1.54) is 0 Å². The van der Waals surface area contributed by atoms with Gasteiger partial charge in [-0.1, -0.05) is 188 Å². The van der Waals surface area contributed by atoms with E-state index in [1.807, 2.05) is 98.0 Å². The van der Waals surface area contributed by atoms with E-state index in [4.69, 9.17) is 0 Å². The minimum atomic E-state index is -0.289. The van der Waals surface area contributed by atoms with Gasteiger partial charge in [-0.2, -0.15) is 0 Å². The summed E-state index contributed by atoms with van der Waals surface area (Å²) >= 11 is 0. The highest BCUT2D eigenvalue weighted by Gasteiger charge is 2.28. The number of aromatic nitrogens is 1. The smallest absolute Gasteiger partial charge is 0.260 e. The van der Waals surface area contributed by atoms with E-state index in [9.17, 15) is 4.79 Å². The van der Waals surface area contributed by atoms with Crippen LogP contribution in [0.1, 0.15) is 20.7 Å². The molecule has 0 bridgehead atoms. The number of carbonyl (C=O) groups excluding carboxylic acids is 2. The SMILES string of the molecule is CN(C(=O)c1c(C=O)cccc1-n1c2c(-c3ccccc3)cccc2c2cccc(-c3ccccc3)c21)c1c(-c2ccccc2)cccc1-c1ccccc1. The topological polar surface area (TPSA) is 42.3 Å². The lowest BCUT2D eigenvalue weighted by Gasteiger charge is -2.26. The van der Waals surface area contributed by atoms with Crippen molar-refractivity contribution in [3.05, 3.63) is 205 Å². The number of amides is 1. The van der Waals surface area contributed by atoms with Crippen molar-refractivity contribution in [2.45, 2.75) is 0 Å². The zero-order valence-corrected chi connectivity index (χ0v) is 30.3. The Morgan fingerprint density at radius 1 is 0.455 bits per heavy atom. The molecule has 0 aliphatic rings. The number of anilines is 1. The van der Waals surface area contributed by atoms with Crippen molar-refractivity contribution < 1.29 is 9.59 Å². The molecular weight excluding hydrogens is 673 g/mol. The quantitative estimate of drug-likeness (QED) is 0.148. The van der Waals surface area contributed by atoms with Crippen molar-refractivity contribution in [3.63, 3.8) is 0 Å². The Kier molecular flexibility index (Phi) is 8.69. The van der Waals surface area contributed by atoms with Crippen LogP contribution in [0.5, 0.6) is 0 Å². The average molecular weight is 709 g/mol. The molecular formula is C51H36N2O2. The van der Waals surface area contributed by atoms with Gasteiger partial charge in [-0.25, -0.2) is 0 Å². The third-order valence-electron chi connectivity index (χ3n) is 10.5. The van der Waals surface area contributed by atoms with Gasteiger partial charge in [-0.05, 0) is 28.3 Å². The molecule has 0 spiro atoms. The Hall–Kier alpha value is -7.30. The summed E-state index contributed by atoms with van der Waals surface area (Å²) in [6, 6.07) is 65.4. The molecule has 0 N–H and O–H groups in total. The predicted molar refractivity (Wildman–Crippen MR) is 227 cm³/mol. The lowest BCUT2D eigenvalue weighted by atomic mass is 9.94. The maximum atomic E-state index is 15.5. The van der Waals surface area contributed by atoms with E-state index < -0.39 is 0 Å². The van der Waals surface area contributed by atoms with Gasteiger partial charge >= 0.3 is 0 Å². The van der Waals surface area contributed by atoms with Crippen molar-refractivity contribution in [2.24, 2.45) is 0 Å². The summed E-state index contributed by atoms with van der Waals surface area (Å²) in [5.41, 5.74) is 11.9. The van der Waals surface area contributed by atoms with Crippen LogP contribution >= 0.6 is 0 Å². The Bertz CT molecular complexity index is 2690. The summed E-state index contributed by atoms with van der Waals surface area (Å²) in [6.45, 7) is 0. The van der Waals surface area contributed by atoms with E-state index in [2.05, 4.69) is 102 Å². The van der Waals surface area contributed by atoms with Crippen LogP contribution in [0.15, 0.2) is 194 Å². The molecule has 0 radical (unpaired) electrons. The van der Waals surface area contributed by atoms with Gasteiger partial charge in [-0.15, -0.1) is 0 Å². The molecule has 1 aromatic heterocycles. The van der Waals surface area contributed by atoms with Gasteiger partial charge in [0.25, 0.3) is 5.91 Å². The molecule has 8 aromatic carbocycles. The number of benzene rings is 8. The third kappa shape index (κ3) is 5.81. The Labute approximate surface area is 320 Å². The normalized spacial score (nSPS) is 11.1. The van der Waals surface area contributed by atoms with Crippen LogP contribution in [0.2, 0.25) is 0 Å². The molecule has 0 aliphatic heterocycles. The van der Waals surface area contributed by atoms with E-state index in [0.717, 1.165) is 78.3 Å². The van der Waals surface area contributed by atoms with Gasteiger partial charge in [0.05, 0.1) is 28.0 Å². The van der Waals surface area contributed by atoms with Gasteiger partial charge in [-0.3, -0.25) is 9.59 Å². The Morgan fingerprint density at radius 2 is 0.836 bits per heavy atom. The second kappa shape index (κ2) is 14.3. The largest absolute Gasteiger partial charge is 0.310 e. The van der Waals surface area contributed by atoms with Crippen LogP contribution < -0.4 is 4.90 Å². The zero-order valence-electron chi connectivity index (χ0n) is 30.3. The van der Waals surface area contributed by atoms with Crippen LogP contribution in [-0.2, 0) is 0 Å². The molecule has 4 heteroatoms. The zero-order chi connectivity index (χ0) is 37.3. The molecule has 0 saturated carbocycles. The molecule has 262 valence electrons. The fraction of sp³-hybridized carbons (Fsp3) is 0.0196. The van der Waals surface area contributed by atoms with Crippen LogP contribution in [0.25, 0.3) is 72.0 Å². The van der Waals surface area contributed by atoms with Gasteiger partial charge < -0.3 is 9.47 Å². The summed E-state index contributed by atoms with van der Waals surface area (Å²) < 4.78 is 2.21. The second-order valence-electron chi connectivity index (χ2n) is 13.6. The fourth-order valence-electron chi connectivity index (χ4n) is 8.01. The number of fused-ring (bicyclic) bond motifs is 3. The molecule has 1 amide bonds. The van der Waals surface area contributed by atoms with Crippen LogP contribution in [-0.4, -0.2) is 23.8 Å². The first-order valence-electron chi connectivity index (χ1n) is 18.4. The minimum Gasteiger partial charge on any atom is -0.310 e. The van der Waals surface area contributed by atoms with Crippen LogP contribution in [0.4, 0.5) is 5.69 Å². The maximum absolute atomic E-state index is 15.5. The number of hydrogen-bond donors (Lipinski definition) is 0. The summed E-state index contributed by atoms with van der Waals surface area (Å²) in [6.07, 6.45) is 0.801. The van der Waals surface area contributed by atoms with Crippen molar-refractivity contribution >= 4 is 39.7 Å². The molecule has 0 fully saturated rings. The van der Waals surface area contributed by atoms with Gasteiger partial charge in [0.1, 0.15) is 0 Å². The summed E-state index contributed by atoms with van der Waals surface area (Å²) in [5, 5.41) is 2.11. The van der Waals surface area contributed by atoms with Crippen molar-refractivity contribution in [1.29, 1.82) is 0 Å². The highest BCUT2D eigenvalue weighted by atomic mass is 16.2. The van der Waals surface area contributed by atoms with E-state index >= 15 is 4.79 Å². The van der Waals surface area contributed by atoms with E-state index in [-0.39, 0.29) is 5.91 Å². The molecule has 0 saturated heterocycles. The number of carbonyl (C=O) groups is 2. The molecule has 9 aromatic rings. The van der Waals surface area contributed by atoms with Gasteiger partial charge in [0, 0.05) is 45.6 Å². The monoisotopic (exact) mass is 708 g/mol. The lowest BCUT2D eigenvalue weighted by Crippen LogP contribution is -2.29. The molecule has 0 unspecified atom stereocenters. The first-order chi connectivity index (χ1) is 27.1. The molecule has 9 rings (SSSR count). The highest BCUT2D eigenvalue weighted by molar-refractivity contribution is 6.20. The van der Waals surface area contributed by atoms with E-state index in [1.54, 1.807) is 11.0 Å². The third-order valence-corrected chi connectivity index (χ3v) is 10.5. The first kappa shape index (κ1) is 33.5. The first-order valence-corrected chi connectivity index (χ1v) is 18.4. The van der Waals surface area contributed by atoms with Crippen molar-refractivity contribution in [3.8, 4) is 50.2 Å². The Balaban J connectivity index is 1.36. The number of para-hydroxylation sites is 3. The van der Waals surface area contributed by atoms with Crippen molar-refractivity contribution in [1.82, 2.24) is 4.57 Å². The minimum absolute atomic E-state index is 0.289.